The molecular formula is C45H58Cl2N8O6+2. The van der Waals surface area contributed by atoms with Gasteiger partial charge < -0.3 is 29.7 Å². The Morgan fingerprint density at radius 3 is 1.57 bits per heavy atom. The molecule has 14 nitrogen and oxygen atoms in total. The van der Waals surface area contributed by atoms with Crippen molar-refractivity contribution in [2.24, 2.45) is 31.7 Å². The van der Waals surface area contributed by atoms with E-state index >= 15 is 0 Å². The molecule has 0 radical (unpaired) electrons. The predicted octanol–water partition coefficient (Wildman–Crippen LogP) is 4.85. The van der Waals surface area contributed by atoms with Crippen molar-refractivity contribution in [3.8, 4) is 0 Å². The van der Waals surface area contributed by atoms with Crippen molar-refractivity contribution in [2.45, 2.75) is 78.9 Å². The summed E-state index contributed by atoms with van der Waals surface area (Å²) in [5.74, 6) is 1.71. The van der Waals surface area contributed by atoms with Gasteiger partial charge in [-0.3, -0.25) is 19.2 Å². The highest BCUT2D eigenvalue weighted by atomic mass is 35.5. The number of fused-ring (bicyclic) bond motifs is 6. The highest BCUT2D eigenvalue weighted by molar-refractivity contribution is 6.12. The number of ether oxygens (including phenoxy) is 2. The summed E-state index contributed by atoms with van der Waals surface area (Å²) in [7, 11) is 5.89. The van der Waals surface area contributed by atoms with Crippen LogP contribution < -0.4 is 20.2 Å². The molecule has 2 aliphatic carbocycles. The van der Waals surface area contributed by atoms with Crippen LogP contribution in [0.15, 0.2) is 73.3 Å². The van der Waals surface area contributed by atoms with Crippen molar-refractivity contribution in [2.75, 3.05) is 20.1 Å². The SMILES string of the molecule is CNCCC(=O)OC[n+]1ccn(CC2CCc3c(c4ccccc4n3C)C2=O)c1C.Cc1n(CC2CCc3c(c4ccccc4n3C)C2=O)cc[n+]1COC(=O)CCN.Cl.Cl. The van der Waals surface area contributed by atoms with Crippen molar-refractivity contribution < 1.29 is 37.8 Å². The molecule has 0 spiro atoms. The van der Waals surface area contributed by atoms with E-state index in [9.17, 15) is 19.2 Å². The average molecular weight is 878 g/mol. The van der Waals surface area contributed by atoms with E-state index in [0.717, 1.165) is 81.7 Å². The zero-order valence-electron chi connectivity index (χ0n) is 35.6. The van der Waals surface area contributed by atoms with Gasteiger partial charge >= 0.3 is 11.9 Å². The molecule has 326 valence electrons. The molecule has 0 saturated carbocycles. The Morgan fingerprint density at radius 1 is 0.721 bits per heavy atom. The molecule has 2 aliphatic rings. The van der Waals surface area contributed by atoms with Gasteiger partial charge in [0.1, 0.15) is 37.9 Å². The van der Waals surface area contributed by atoms with Crippen molar-refractivity contribution in [3.05, 3.63) is 107 Å². The van der Waals surface area contributed by atoms with Crippen molar-refractivity contribution in [1.82, 2.24) is 23.6 Å². The summed E-state index contributed by atoms with van der Waals surface area (Å²) in [5, 5.41) is 5.04. The minimum atomic E-state index is -0.307. The summed E-state index contributed by atoms with van der Waals surface area (Å²) in [5.41, 5.74) is 11.7. The van der Waals surface area contributed by atoms with Gasteiger partial charge in [0.05, 0.1) is 24.7 Å². The third-order valence-electron chi connectivity index (χ3n) is 12.2. The normalized spacial score (nSPS) is 15.6. The van der Waals surface area contributed by atoms with E-state index in [1.54, 1.807) is 7.05 Å². The summed E-state index contributed by atoms with van der Waals surface area (Å²) in [6.45, 7) is 6.43. The molecule has 0 fully saturated rings. The Hall–Kier alpha value is -5.28. The molecule has 16 heteroatoms. The number of nitrogens with zero attached hydrogens (tertiary/aromatic N) is 6. The number of para-hydroxylation sites is 2. The fraction of sp³-hybridized carbons (Fsp3) is 0.422. The number of carbonyl (C=O) groups excluding carboxylic acids is 4. The number of benzene rings is 2. The third-order valence-corrected chi connectivity index (χ3v) is 12.2. The van der Waals surface area contributed by atoms with Gasteiger partial charge in [-0.15, -0.1) is 24.8 Å². The second-order valence-electron chi connectivity index (χ2n) is 15.6. The second kappa shape index (κ2) is 20.5. The fourth-order valence-corrected chi connectivity index (χ4v) is 8.66. The maximum atomic E-state index is 13.4. The molecule has 8 rings (SSSR count). The van der Waals surface area contributed by atoms with Gasteiger partial charge in [-0.2, -0.15) is 9.13 Å². The molecular weight excluding hydrogens is 819 g/mol. The standard InChI is InChI=1S/C23H29N4O3.C22H27N4O3.2ClH/c1-16-26(12-13-27(16)15-30-21(28)10-11-24-2)14-17-8-9-20-22(23(17)29)18-6-4-5-7-19(18)25(20)3;1-15-25(11-12-26(15)14-29-20(27)9-10-23)13-16-7-8-19-21(22(16)28)17-5-3-4-6-18(17)24(19)2;;/h4-7,12-13,17,24H,8-11,14-15H2,1-3H3;3-6,11-12,16H,7-10,13-14,23H2,1-2H3;2*1H/q2*+1;;. The molecule has 6 aromatic rings. The predicted molar refractivity (Wildman–Crippen MR) is 236 cm³/mol. The number of aryl methyl sites for hydroxylation is 2. The van der Waals surface area contributed by atoms with Crippen molar-refractivity contribution in [1.29, 1.82) is 0 Å². The van der Waals surface area contributed by atoms with Crippen LogP contribution in [0.3, 0.4) is 0 Å². The molecule has 4 aromatic heterocycles. The van der Waals surface area contributed by atoms with Gasteiger partial charge in [0.15, 0.2) is 11.6 Å². The van der Waals surface area contributed by atoms with Gasteiger partial charge in [-0.1, -0.05) is 36.4 Å². The summed E-state index contributed by atoms with van der Waals surface area (Å²) < 4.78 is 22.8. The Labute approximate surface area is 368 Å². The third kappa shape index (κ3) is 9.62. The number of hydrogen-bond acceptors (Lipinski definition) is 8. The van der Waals surface area contributed by atoms with E-state index in [0.29, 0.717) is 26.1 Å². The smallest absolute Gasteiger partial charge is 0.310 e. The van der Waals surface area contributed by atoms with Crippen LogP contribution in [0, 0.1) is 25.7 Å². The number of ketones is 2. The molecule has 0 amide bonds. The van der Waals surface area contributed by atoms with Crippen LogP contribution in [-0.2, 0) is 72.6 Å². The Morgan fingerprint density at radius 2 is 1.15 bits per heavy atom. The number of Topliss-reactive ketones (excluding diaryl/α,β-unsaturated/α-hetero) is 2. The zero-order valence-corrected chi connectivity index (χ0v) is 37.2. The van der Waals surface area contributed by atoms with Crippen LogP contribution in [0.4, 0.5) is 0 Å². The first-order valence-electron chi connectivity index (χ1n) is 20.5. The summed E-state index contributed by atoms with van der Waals surface area (Å²) >= 11 is 0. The molecule has 3 N–H and O–H groups in total. The zero-order chi connectivity index (χ0) is 41.8. The molecule has 2 unspecified atom stereocenters. The van der Waals surface area contributed by atoms with E-state index in [2.05, 4.69) is 35.7 Å². The first-order valence-corrected chi connectivity index (χ1v) is 20.5. The summed E-state index contributed by atoms with van der Waals surface area (Å²) in [6.07, 6.45) is 11.7. The molecule has 61 heavy (non-hydrogen) atoms. The molecule has 0 bridgehead atoms. The number of aromatic nitrogens is 6. The van der Waals surface area contributed by atoms with Gasteiger partial charge in [0.2, 0.25) is 13.5 Å². The number of hydrogen-bond donors (Lipinski definition) is 2. The highest BCUT2D eigenvalue weighted by Crippen LogP contribution is 2.36. The lowest BCUT2D eigenvalue weighted by molar-refractivity contribution is -0.732. The minimum Gasteiger partial charge on any atom is -0.425 e. The number of halogens is 2. The van der Waals surface area contributed by atoms with E-state index < -0.39 is 0 Å². The van der Waals surface area contributed by atoms with Crippen LogP contribution in [0.25, 0.3) is 21.8 Å². The van der Waals surface area contributed by atoms with E-state index in [1.165, 1.54) is 0 Å². The van der Waals surface area contributed by atoms with Crippen LogP contribution >= 0.6 is 24.8 Å². The molecule has 0 saturated heterocycles. The highest BCUT2D eigenvalue weighted by Gasteiger charge is 2.35. The first-order chi connectivity index (χ1) is 28.5. The maximum Gasteiger partial charge on any atom is 0.310 e. The summed E-state index contributed by atoms with van der Waals surface area (Å²) in [4.78, 5) is 50.0. The lowest BCUT2D eigenvalue weighted by Crippen LogP contribution is -2.38. The number of nitrogens with two attached hydrogens (primary N) is 1. The number of imidazole rings is 2. The lowest BCUT2D eigenvalue weighted by atomic mass is 9.85. The van der Waals surface area contributed by atoms with Crippen LogP contribution in [0.2, 0.25) is 0 Å². The monoisotopic (exact) mass is 876 g/mol. The Balaban J connectivity index is 0.000000224. The van der Waals surface area contributed by atoms with Gasteiger partial charge in [-0.05, 0) is 44.9 Å². The molecule has 2 atom stereocenters. The van der Waals surface area contributed by atoms with Crippen LogP contribution in [0.1, 0.15) is 69.4 Å². The van der Waals surface area contributed by atoms with E-state index in [4.69, 9.17) is 15.2 Å². The lowest BCUT2D eigenvalue weighted by Gasteiger charge is -2.21. The maximum absolute atomic E-state index is 13.4. The fourth-order valence-electron chi connectivity index (χ4n) is 8.66. The van der Waals surface area contributed by atoms with Gasteiger partial charge in [0, 0.05) is 85.4 Å². The van der Waals surface area contributed by atoms with Gasteiger partial charge in [-0.25, -0.2) is 9.13 Å². The number of esters is 2. The first kappa shape index (κ1) is 46.8. The molecule has 0 aliphatic heterocycles. The quantitative estimate of drug-likeness (QED) is 0.124. The van der Waals surface area contributed by atoms with Crippen LogP contribution in [0.5, 0.6) is 0 Å². The molecule has 2 aromatic carbocycles. The Kier molecular flexibility index (Phi) is 15.7. The molecule has 4 heterocycles. The van der Waals surface area contributed by atoms with E-state index in [1.807, 2.05) is 98.3 Å². The number of carbonyl (C=O) groups is 4. The van der Waals surface area contributed by atoms with Crippen LogP contribution in [-0.4, -0.2) is 61.9 Å². The van der Waals surface area contributed by atoms with Crippen molar-refractivity contribution in [3.63, 3.8) is 0 Å². The minimum absolute atomic E-state index is 0. The number of nitrogens with one attached hydrogen (secondary N) is 1. The Bertz CT molecular complexity index is 2530. The number of rotatable bonds is 13. The topological polar surface area (TPSA) is 152 Å². The largest absolute Gasteiger partial charge is 0.425 e. The van der Waals surface area contributed by atoms with Crippen molar-refractivity contribution >= 4 is 70.1 Å². The average Bonchev–Trinajstić information content (AvgIpc) is 3.95. The second-order valence-corrected chi connectivity index (χ2v) is 15.6. The van der Waals surface area contributed by atoms with Gasteiger partial charge in [0.25, 0.3) is 11.6 Å². The summed E-state index contributed by atoms with van der Waals surface area (Å²) in [6, 6.07) is 16.3. The van der Waals surface area contributed by atoms with E-state index in [-0.39, 0.29) is 86.6 Å².